The maximum Gasteiger partial charge on any atom is 0.224 e. The lowest BCUT2D eigenvalue weighted by molar-refractivity contribution is -0.132. The topological polar surface area (TPSA) is 67.3 Å². The van der Waals surface area contributed by atoms with E-state index in [1.165, 1.54) is 0 Å². The van der Waals surface area contributed by atoms with Crippen LogP contribution in [0, 0.1) is 5.92 Å². The van der Waals surface area contributed by atoms with E-state index in [9.17, 15) is 13.2 Å². The molecule has 2 aliphatic rings. The number of hydrogen-bond acceptors (Lipinski definition) is 4. The maximum atomic E-state index is 13.5. The number of hydrogen-bond donors (Lipinski definition) is 0. The van der Waals surface area contributed by atoms with Gasteiger partial charge in [0.05, 0.1) is 10.5 Å². The number of rotatable bonds is 4. The SMILES string of the molecule is O=C1CC2(CCCCC2Cc2ccccc2)S(=O)(=O)CCN1Cc1ccncc1. The Balaban J connectivity index is 1.62. The molecule has 2 aromatic rings. The molecule has 0 N–H and O–H groups in total. The van der Waals surface area contributed by atoms with Crippen molar-refractivity contribution in [2.24, 2.45) is 5.92 Å². The molecular weight excluding hydrogens is 384 g/mol. The second kappa shape index (κ2) is 8.27. The molecule has 1 aliphatic carbocycles. The minimum Gasteiger partial charge on any atom is -0.337 e. The predicted octanol–water partition coefficient (Wildman–Crippen LogP) is 3.40. The molecule has 1 saturated heterocycles. The Morgan fingerprint density at radius 1 is 1.03 bits per heavy atom. The van der Waals surface area contributed by atoms with Crippen LogP contribution in [-0.4, -0.2) is 41.3 Å². The molecule has 2 heterocycles. The third-order valence-corrected chi connectivity index (χ3v) is 9.29. The maximum absolute atomic E-state index is 13.5. The molecule has 29 heavy (non-hydrogen) atoms. The first kappa shape index (κ1) is 20.1. The summed E-state index contributed by atoms with van der Waals surface area (Å²) in [7, 11) is -3.38. The predicted molar refractivity (Wildman–Crippen MR) is 113 cm³/mol. The van der Waals surface area contributed by atoms with Gasteiger partial charge in [-0.25, -0.2) is 8.42 Å². The fourth-order valence-electron chi connectivity index (χ4n) is 5.02. The summed E-state index contributed by atoms with van der Waals surface area (Å²) >= 11 is 0. The van der Waals surface area contributed by atoms with Crippen molar-refractivity contribution in [1.29, 1.82) is 0 Å². The third kappa shape index (κ3) is 4.08. The van der Waals surface area contributed by atoms with Crippen LogP contribution in [-0.2, 0) is 27.6 Å². The summed E-state index contributed by atoms with van der Waals surface area (Å²) in [4.78, 5) is 19.0. The molecule has 1 aromatic heterocycles. The smallest absolute Gasteiger partial charge is 0.224 e. The summed E-state index contributed by atoms with van der Waals surface area (Å²) in [5.74, 6) is 0.00564. The van der Waals surface area contributed by atoms with Crippen LogP contribution in [0.2, 0.25) is 0 Å². The van der Waals surface area contributed by atoms with Crippen molar-refractivity contribution in [3.8, 4) is 0 Å². The van der Waals surface area contributed by atoms with Gasteiger partial charge in [-0.05, 0) is 48.4 Å². The van der Waals surface area contributed by atoms with Gasteiger partial charge in [0.15, 0.2) is 9.84 Å². The van der Waals surface area contributed by atoms with E-state index in [0.29, 0.717) is 13.0 Å². The van der Waals surface area contributed by atoms with Crippen molar-refractivity contribution in [1.82, 2.24) is 9.88 Å². The van der Waals surface area contributed by atoms with Gasteiger partial charge in [0.1, 0.15) is 0 Å². The summed E-state index contributed by atoms with van der Waals surface area (Å²) in [6.07, 6.45) is 7.61. The Morgan fingerprint density at radius 3 is 2.55 bits per heavy atom. The Bertz CT molecular complexity index is 947. The molecule has 0 radical (unpaired) electrons. The van der Waals surface area contributed by atoms with Crippen LogP contribution >= 0.6 is 0 Å². The normalized spacial score (nSPS) is 27.0. The van der Waals surface area contributed by atoms with E-state index in [0.717, 1.165) is 36.8 Å². The van der Waals surface area contributed by atoms with Gasteiger partial charge < -0.3 is 4.90 Å². The van der Waals surface area contributed by atoms with Crippen molar-refractivity contribution in [3.63, 3.8) is 0 Å². The monoisotopic (exact) mass is 412 g/mol. The highest BCUT2D eigenvalue weighted by Crippen LogP contribution is 2.46. The van der Waals surface area contributed by atoms with Gasteiger partial charge in [0.2, 0.25) is 5.91 Å². The molecule has 4 rings (SSSR count). The van der Waals surface area contributed by atoms with Crippen LogP contribution in [0.4, 0.5) is 0 Å². The molecular formula is C23H28N2O3S. The second-order valence-electron chi connectivity index (χ2n) is 8.36. The summed E-state index contributed by atoms with van der Waals surface area (Å²) in [6.45, 7) is 0.708. The van der Waals surface area contributed by atoms with Crippen LogP contribution in [0.1, 0.15) is 43.2 Å². The van der Waals surface area contributed by atoms with Crippen LogP contribution in [0.3, 0.4) is 0 Å². The number of pyridine rings is 1. The Hall–Kier alpha value is -2.21. The van der Waals surface area contributed by atoms with Gasteiger partial charge in [-0.3, -0.25) is 9.78 Å². The Morgan fingerprint density at radius 2 is 1.79 bits per heavy atom. The number of amides is 1. The first-order valence-electron chi connectivity index (χ1n) is 10.4. The number of benzene rings is 1. The first-order chi connectivity index (χ1) is 14.0. The van der Waals surface area contributed by atoms with Gasteiger partial charge in [-0.15, -0.1) is 0 Å². The largest absolute Gasteiger partial charge is 0.337 e. The highest BCUT2D eigenvalue weighted by atomic mass is 32.2. The molecule has 154 valence electrons. The van der Waals surface area contributed by atoms with E-state index in [-0.39, 0.29) is 30.5 Å². The lowest BCUT2D eigenvalue weighted by Crippen LogP contribution is -2.50. The molecule has 6 heteroatoms. The molecule has 1 saturated carbocycles. The molecule has 2 atom stereocenters. The average Bonchev–Trinajstić information content (AvgIpc) is 2.82. The molecule has 1 amide bonds. The molecule has 5 nitrogen and oxygen atoms in total. The van der Waals surface area contributed by atoms with Crippen LogP contribution in [0.25, 0.3) is 0 Å². The molecule has 2 unspecified atom stereocenters. The summed E-state index contributed by atoms with van der Waals surface area (Å²) in [5.41, 5.74) is 2.13. The van der Waals surface area contributed by atoms with E-state index in [2.05, 4.69) is 17.1 Å². The van der Waals surface area contributed by atoms with Gasteiger partial charge in [-0.2, -0.15) is 0 Å². The summed E-state index contributed by atoms with van der Waals surface area (Å²) < 4.78 is 26.1. The van der Waals surface area contributed by atoms with Crippen molar-refractivity contribution in [3.05, 3.63) is 66.0 Å². The van der Waals surface area contributed by atoms with Crippen molar-refractivity contribution < 1.29 is 13.2 Å². The highest BCUT2D eigenvalue weighted by Gasteiger charge is 2.53. The van der Waals surface area contributed by atoms with Crippen molar-refractivity contribution in [2.45, 2.75) is 49.8 Å². The van der Waals surface area contributed by atoms with Gasteiger partial charge in [-0.1, -0.05) is 43.2 Å². The van der Waals surface area contributed by atoms with Crippen LogP contribution in [0.15, 0.2) is 54.9 Å². The van der Waals surface area contributed by atoms with E-state index in [4.69, 9.17) is 0 Å². The Labute approximate surface area is 173 Å². The Kier molecular flexibility index (Phi) is 5.72. The number of nitrogens with zero attached hydrogens (tertiary/aromatic N) is 2. The lowest BCUT2D eigenvalue weighted by atomic mass is 9.73. The fourth-order valence-corrected chi connectivity index (χ4v) is 7.40. The quantitative estimate of drug-likeness (QED) is 0.772. The van der Waals surface area contributed by atoms with E-state index < -0.39 is 14.6 Å². The summed E-state index contributed by atoms with van der Waals surface area (Å²) in [6, 6.07) is 13.8. The van der Waals surface area contributed by atoms with E-state index in [1.54, 1.807) is 17.3 Å². The zero-order valence-corrected chi connectivity index (χ0v) is 17.5. The third-order valence-electron chi connectivity index (χ3n) is 6.65. The van der Waals surface area contributed by atoms with Gasteiger partial charge in [0.25, 0.3) is 0 Å². The molecule has 2 fully saturated rings. The standard InChI is InChI=1S/C23H28N2O3S/c26-22-17-23(11-5-4-8-21(23)16-19-6-2-1-3-7-19)29(27,28)15-14-25(22)18-20-9-12-24-13-10-20/h1-3,6-7,9-10,12-13,21H,4-5,8,11,14-18H2. The zero-order chi connectivity index (χ0) is 20.3. The van der Waals surface area contributed by atoms with E-state index >= 15 is 0 Å². The van der Waals surface area contributed by atoms with Crippen molar-refractivity contribution >= 4 is 15.7 Å². The average molecular weight is 413 g/mol. The number of carbonyl (C=O) groups is 1. The number of carbonyl (C=O) groups excluding carboxylic acids is 1. The van der Waals surface area contributed by atoms with Crippen LogP contribution in [0.5, 0.6) is 0 Å². The zero-order valence-electron chi connectivity index (χ0n) is 16.7. The van der Waals surface area contributed by atoms with Crippen molar-refractivity contribution in [2.75, 3.05) is 12.3 Å². The van der Waals surface area contributed by atoms with Gasteiger partial charge in [0, 0.05) is 31.9 Å². The fraction of sp³-hybridized carbons (Fsp3) is 0.478. The highest BCUT2D eigenvalue weighted by molar-refractivity contribution is 7.92. The summed E-state index contributed by atoms with van der Waals surface area (Å²) in [5, 5.41) is 0. The lowest BCUT2D eigenvalue weighted by Gasteiger charge is -2.42. The van der Waals surface area contributed by atoms with Crippen LogP contribution < -0.4 is 0 Å². The number of sulfone groups is 1. The molecule has 0 bridgehead atoms. The molecule has 1 spiro atoms. The van der Waals surface area contributed by atoms with E-state index in [1.807, 2.05) is 30.3 Å². The second-order valence-corrected chi connectivity index (χ2v) is 10.8. The minimum absolute atomic E-state index is 0.00604. The number of aromatic nitrogens is 1. The minimum atomic E-state index is -3.38. The van der Waals surface area contributed by atoms with Gasteiger partial charge >= 0.3 is 0 Å². The molecule has 1 aromatic carbocycles. The molecule has 1 aliphatic heterocycles. The first-order valence-corrected chi connectivity index (χ1v) is 12.1.